The summed E-state index contributed by atoms with van der Waals surface area (Å²) in [5, 5.41) is 0. The maximum atomic E-state index is 13.7. The minimum absolute atomic E-state index is 0.165. The van der Waals surface area contributed by atoms with Gasteiger partial charge in [-0.15, -0.1) is 0 Å². The predicted octanol–water partition coefficient (Wildman–Crippen LogP) is 4.27. The van der Waals surface area contributed by atoms with E-state index in [2.05, 4.69) is 17.0 Å². The SMILES string of the molecule is COc1ccc2c(c1)CCN1Cc3c(ccc(OC)c3OS(=O)(=O)c3cccc(F)c3)CC21. The van der Waals surface area contributed by atoms with Crippen LogP contribution >= 0.6 is 0 Å². The van der Waals surface area contributed by atoms with Crippen LogP contribution in [0.5, 0.6) is 17.2 Å². The maximum Gasteiger partial charge on any atom is 0.339 e. The van der Waals surface area contributed by atoms with Gasteiger partial charge in [0.2, 0.25) is 0 Å². The van der Waals surface area contributed by atoms with Crippen molar-refractivity contribution in [3.05, 3.63) is 82.7 Å². The van der Waals surface area contributed by atoms with Crippen molar-refractivity contribution in [3.63, 3.8) is 0 Å². The van der Waals surface area contributed by atoms with Crippen LogP contribution in [0, 0.1) is 5.82 Å². The molecule has 0 amide bonds. The van der Waals surface area contributed by atoms with E-state index in [1.807, 2.05) is 12.1 Å². The van der Waals surface area contributed by atoms with E-state index in [0.717, 1.165) is 42.3 Å². The van der Waals surface area contributed by atoms with Crippen molar-refractivity contribution in [2.45, 2.75) is 30.3 Å². The Bertz CT molecular complexity index is 1320. The molecule has 3 aromatic carbocycles. The summed E-state index contributed by atoms with van der Waals surface area (Å²) in [6.45, 7) is 1.36. The van der Waals surface area contributed by atoms with Crippen molar-refractivity contribution in [1.29, 1.82) is 0 Å². The number of nitrogens with zero attached hydrogens (tertiary/aromatic N) is 1. The summed E-state index contributed by atoms with van der Waals surface area (Å²) in [5.74, 6) is 0.696. The first-order chi connectivity index (χ1) is 15.9. The molecule has 2 aliphatic rings. The molecule has 5 rings (SSSR count). The lowest BCUT2D eigenvalue weighted by Crippen LogP contribution is -2.39. The van der Waals surface area contributed by atoms with E-state index in [1.165, 1.54) is 36.4 Å². The largest absolute Gasteiger partial charge is 0.497 e. The summed E-state index contributed by atoms with van der Waals surface area (Å²) < 4.78 is 55.9. The number of ether oxygens (including phenoxy) is 2. The van der Waals surface area contributed by atoms with Crippen LogP contribution in [0.25, 0.3) is 0 Å². The van der Waals surface area contributed by atoms with E-state index < -0.39 is 15.9 Å². The number of hydrogen-bond acceptors (Lipinski definition) is 6. The number of benzene rings is 3. The van der Waals surface area contributed by atoms with E-state index in [0.29, 0.717) is 12.3 Å². The number of rotatable bonds is 5. The van der Waals surface area contributed by atoms with Gasteiger partial charge in [0.05, 0.1) is 14.2 Å². The Kier molecular flexibility index (Phi) is 5.50. The van der Waals surface area contributed by atoms with Crippen molar-refractivity contribution in [1.82, 2.24) is 4.90 Å². The second kappa shape index (κ2) is 8.35. The molecule has 0 spiro atoms. The normalized spacial score (nSPS) is 17.5. The van der Waals surface area contributed by atoms with Crippen LogP contribution in [0.15, 0.2) is 59.5 Å². The van der Waals surface area contributed by atoms with Gasteiger partial charge in [-0.1, -0.05) is 18.2 Å². The number of fused-ring (bicyclic) bond motifs is 4. The highest BCUT2D eigenvalue weighted by atomic mass is 32.2. The standard InChI is InChI=1S/C25H24FNO5S/c1-30-19-7-8-21-17(12-19)10-11-27-15-22-16(13-23(21)27)6-9-24(31-2)25(22)32-33(28,29)20-5-3-4-18(26)14-20/h3-9,12,14,23H,10-11,13,15H2,1-2H3. The zero-order valence-corrected chi connectivity index (χ0v) is 19.2. The third kappa shape index (κ3) is 3.94. The van der Waals surface area contributed by atoms with Crippen LogP contribution in [-0.4, -0.2) is 34.1 Å². The van der Waals surface area contributed by atoms with Crippen molar-refractivity contribution in [2.24, 2.45) is 0 Å². The monoisotopic (exact) mass is 469 g/mol. The van der Waals surface area contributed by atoms with E-state index in [-0.39, 0.29) is 16.7 Å². The van der Waals surface area contributed by atoms with Crippen LogP contribution in [0.3, 0.4) is 0 Å². The van der Waals surface area contributed by atoms with Gasteiger partial charge < -0.3 is 13.7 Å². The number of halogens is 1. The molecule has 0 aromatic heterocycles. The lowest BCUT2D eigenvalue weighted by Gasteiger charge is -2.42. The fraction of sp³-hybridized carbons (Fsp3) is 0.280. The number of methoxy groups -OCH3 is 2. The molecule has 0 saturated heterocycles. The van der Waals surface area contributed by atoms with Crippen molar-refractivity contribution in [2.75, 3.05) is 20.8 Å². The van der Waals surface area contributed by atoms with Crippen molar-refractivity contribution in [3.8, 4) is 17.2 Å². The lowest BCUT2D eigenvalue weighted by atomic mass is 9.83. The molecule has 2 heterocycles. The second-order valence-corrected chi connectivity index (χ2v) is 9.78. The van der Waals surface area contributed by atoms with Gasteiger partial charge in [0.25, 0.3) is 0 Å². The summed E-state index contributed by atoms with van der Waals surface area (Å²) >= 11 is 0. The summed E-state index contributed by atoms with van der Waals surface area (Å²) in [6.07, 6.45) is 1.59. The second-order valence-electron chi connectivity index (χ2n) is 8.23. The zero-order valence-electron chi connectivity index (χ0n) is 18.4. The Morgan fingerprint density at radius 1 is 1.00 bits per heavy atom. The van der Waals surface area contributed by atoms with Gasteiger partial charge in [0.15, 0.2) is 11.5 Å². The van der Waals surface area contributed by atoms with Crippen LogP contribution in [0.1, 0.15) is 28.3 Å². The lowest BCUT2D eigenvalue weighted by molar-refractivity contribution is 0.159. The van der Waals surface area contributed by atoms with Crippen LogP contribution < -0.4 is 13.7 Å². The van der Waals surface area contributed by atoms with Gasteiger partial charge in [-0.2, -0.15) is 8.42 Å². The van der Waals surface area contributed by atoms with Gasteiger partial charge in [-0.05, 0) is 65.9 Å². The molecule has 0 N–H and O–H groups in total. The molecule has 33 heavy (non-hydrogen) atoms. The first kappa shape index (κ1) is 21.7. The van der Waals surface area contributed by atoms with Crippen LogP contribution in [0.2, 0.25) is 0 Å². The van der Waals surface area contributed by atoms with Crippen LogP contribution in [-0.2, 0) is 29.5 Å². The molecule has 0 aliphatic carbocycles. The molecule has 1 atom stereocenters. The third-order valence-electron chi connectivity index (χ3n) is 6.41. The summed E-state index contributed by atoms with van der Waals surface area (Å²) in [5.41, 5.74) is 4.32. The Morgan fingerprint density at radius 2 is 1.85 bits per heavy atom. The summed E-state index contributed by atoms with van der Waals surface area (Å²) in [4.78, 5) is 2.09. The minimum Gasteiger partial charge on any atom is -0.497 e. The Balaban J connectivity index is 1.53. The smallest absolute Gasteiger partial charge is 0.339 e. The fourth-order valence-corrected chi connectivity index (χ4v) is 5.75. The minimum atomic E-state index is -4.24. The summed E-state index contributed by atoms with van der Waals surface area (Å²) in [6, 6.07) is 14.9. The highest BCUT2D eigenvalue weighted by molar-refractivity contribution is 7.87. The number of hydrogen-bond donors (Lipinski definition) is 0. The van der Waals surface area contributed by atoms with E-state index >= 15 is 0 Å². The first-order valence-electron chi connectivity index (χ1n) is 10.7. The quantitative estimate of drug-likeness (QED) is 0.520. The average Bonchev–Trinajstić information content (AvgIpc) is 2.82. The van der Waals surface area contributed by atoms with Gasteiger partial charge in [-0.25, -0.2) is 4.39 Å². The average molecular weight is 470 g/mol. The zero-order chi connectivity index (χ0) is 23.2. The first-order valence-corrected chi connectivity index (χ1v) is 12.1. The van der Waals surface area contributed by atoms with Crippen molar-refractivity contribution < 1.29 is 26.5 Å². The topological polar surface area (TPSA) is 65.1 Å². The molecule has 8 heteroatoms. The Hall–Kier alpha value is -3.10. The molecule has 0 radical (unpaired) electrons. The molecule has 6 nitrogen and oxygen atoms in total. The molecule has 172 valence electrons. The molecule has 0 saturated carbocycles. The molecular formula is C25H24FNO5S. The van der Waals surface area contributed by atoms with E-state index in [1.54, 1.807) is 13.2 Å². The van der Waals surface area contributed by atoms with E-state index in [9.17, 15) is 12.8 Å². The van der Waals surface area contributed by atoms with Gasteiger partial charge >= 0.3 is 10.1 Å². The van der Waals surface area contributed by atoms with Gasteiger partial charge in [0.1, 0.15) is 16.5 Å². The Morgan fingerprint density at radius 3 is 2.61 bits per heavy atom. The molecule has 0 fully saturated rings. The molecule has 3 aromatic rings. The summed E-state index contributed by atoms with van der Waals surface area (Å²) in [7, 11) is -1.10. The molecule has 0 bridgehead atoms. The third-order valence-corrected chi connectivity index (χ3v) is 7.63. The molecule has 1 unspecified atom stereocenters. The highest BCUT2D eigenvalue weighted by Crippen LogP contribution is 2.45. The fourth-order valence-electron chi connectivity index (χ4n) is 4.75. The van der Waals surface area contributed by atoms with E-state index in [4.69, 9.17) is 13.7 Å². The Labute approximate surface area is 192 Å². The van der Waals surface area contributed by atoms with Crippen molar-refractivity contribution >= 4 is 10.1 Å². The predicted molar refractivity (Wildman–Crippen MR) is 121 cm³/mol. The highest BCUT2D eigenvalue weighted by Gasteiger charge is 2.35. The van der Waals surface area contributed by atoms with Crippen LogP contribution in [0.4, 0.5) is 4.39 Å². The van der Waals surface area contributed by atoms with Gasteiger partial charge in [0, 0.05) is 24.7 Å². The van der Waals surface area contributed by atoms with Gasteiger partial charge in [-0.3, -0.25) is 4.90 Å². The maximum absolute atomic E-state index is 13.7. The molecule has 2 aliphatic heterocycles. The molecular weight excluding hydrogens is 445 g/mol.